The third-order valence-corrected chi connectivity index (χ3v) is 6.10. The van der Waals surface area contributed by atoms with Crippen LogP contribution in [0.1, 0.15) is 39.0 Å². The zero-order valence-electron chi connectivity index (χ0n) is 12.6. The molecule has 0 radical (unpaired) electrons. The molecule has 0 aromatic heterocycles. The van der Waals surface area contributed by atoms with Crippen LogP contribution in [0.5, 0.6) is 0 Å². The average molecular weight is 308 g/mol. The molecule has 1 aromatic rings. The van der Waals surface area contributed by atoms with Gasteiger partial charge in [-0.3, -0.25) is 0 Å². The predicted octanol–water partition coefficient (Wildman–Crippen LogP) is 3.07. The minimum absolute atomic E-state index is 0.231. The van der Waals surface area contributed by atoms with Gasteiger partial charge in [0.2, 0.25) is 10.0 Å². The van der Waals surface area contributed by atoms with Gasteiger partial charge in [0.15, 0.2) is 0 Å². The van der Waals surface area contributed by atoms with E-state index in [2.05, 4.69) is 12.2 Å². The molecule has 4 nitrogen and oxygen atoms in total. The van der Waals surface area contributed by atoms with Crippen molar-refractivity contribution in [1.29, 1.82) is 0 Å². The molecule has 2 saturated carbocycles. The number of hydrogen-bond donors (Lipinski definition) is 1. The van der Waals surface area contributed by atoms with E-state index in [1.807, 2.05) is 18.2 Å². The van der Waals surface area contributed by atoms with E-state index in [-0.39, 0.29) is 6.04 Å². The number of benzene rings is 1. The lowest BCUT2D eigenvalue weighted by Crippen LogP contribution is -2.35. The van der Waals surface area contributed by atoms with Crippen molar-refractivity contribution >= 4 is 15.7 Å². The molecule has 0 aliphatic heterocycles. The Balaban J connectivity index is 1.88. The second-order valence-electron chi connectivity index (χ2n) is 6.17. The van der Waals surface area contributed by atoms with E-state index < -0.39 is 10.0 Å². The predicted molar refractivity (Wildman–Crippen MR) is 84.9 cm³/mol. The maximum absolute atomic E-state index is 13.0. The van der Waals surface area contributed by atoms with E-state index in [0.717, 1.165) is 31.5 Å². The quantitative estimate of drug-likeness (QED) is 0.803. The number of para-hydroxylation sites is 1. The Morgan fingerprint density at radius 3 is 2.52 bits per heavy atom. The molecule has 0 heterocycles. The zero-order valence-corrected chi connectivity index (χ0v) is 13.4. The lowest BCUT2D eigenvalue weighted by Gasteiger charge is -2.23. The monoisotopic (exact) mass is 308 g/mol. The third kappa shape index (κ3) is 3.40. The van der Waals surface area contributed by atoms with Gasteiger partial charge in [0.05, 0.1) is 5.69 Å². The first-order chi connectivity index (χ1) is 10.1. The van der Waals surface area contributed by atoms with Gasteiger partial charge in [-0.1, -0.05) is 19.1 Å². The van der Waals surface area contributed by atoms with Gasteiger partial charge in [0.25, 0.3) is 0 Å². The summed E-state index contributed by atoms with van der Waals surface area (Å²) in [6, 6.07) is 7.53. The minimum Gasteiger partial charge on any atom is -0.384 e. The lowest BCUT2D eigenvalue weighted by atomic mass is 10.3. The first-order valence-electron chi connectivity index (χ1n) is 7.97. The fraction of sp³-hybridized carbons (Fsp3) is 0.625. The maximum Gasteiger partial charge on any atom is 0.245 e. The summed E-state index contributed by atoms with van der Waals surface area (Å²) in [4.78, 5) is 0.436. The molecule has 0 amide bonds. The topological polar surface area (TPSA) is 49.4 Å². The van der Waals surface area contributed by atoms with Crippen molar-refractivity contribution in [3.63, 3.8) is 0 Å². The molecular weight excluding hydrogens is 284 g/mol. The van der Waals surface area contributed by atoms with Crippen LogP contribution < -0.4 is 5.32 Å². The SMILES string of the molecule is CCCNc1ccccc1S(=O)(=O)N(CC1CC1)C1CC1. The maximum atomic E-state index is 13.0. The van der Waals surface area contributed by atoms with Crippen molar-refractivity contribution in [2.24, 2.45) is 5.92 Å². The number of hydrogen-bond acceptors (Lipinski definition) is 3. The summed E-state index contributed by atoms with van der Waals surface area (Å²) in [5.41, 5.74) is 0.737. The highest BCUT2D eigenvalue weighted by atomic mass is 32.2. The normalized spacial score (nSPS) is 19.0. The van der Waals surface area contributed by atoms with Crippen LogP contribution in [-0.4, -0.2) is 31.9 Å². The fourth-order valence-corrected chi connectivity index (χ4v) is 4.52. The van der Waals surface area contributed by atoms with Crippen LogP contribution in [0.2, 0.25) is 0 Å². The van der Waals surface area contributed by atoms with E-state index in [0.29, 0.717) is 17.4 Å². The molecule has 21 heavy (non-hydrogen) atoms. The van der Waals surface area contributed by atoms with E-state index in [1.165, 1.54) is 12.8 Å². The molecule has 0 unspecified atom stereocenters. The Hall–Kier alpha value is -1.07. The molecule has 2 aliphatic rings. The summed E-state index contributed by atoms with van der Waals surface area (Å²) in [5, 5.41) is 3.25. The molecule has 0 spiro atoms. The number of sulfonamides is 1. The van der Waals surface area contributed by atoms with E-state index >= 15 is 0 Å². The van der Waals surface area contributed by atoms with Gasteiger partial charge in [-0.25, -0.2) is 8.42 Å². The first kappa shape index (κ1) is 14.9. The van der Waals surface area contributed by atoms with Gasteiger partial charge in [-0.15, -0.1) is 0 Å². The largest absolute Gasteiger partial charge is 0.384 e. The van der Waals surface area contributed by atoms with E-state index in [4.69, 9.17) is 0 Å². The fourth-order valence-electron chi connectivity index (χ4n) is 2.58. The molecule has 1 aromatic carbocycles. The molecule has 5 heteroatoms. The van der Waals surface area contributed by atoms with Crippen molar-refractivity contribution < 1.29 is 8.42 Å². The number of nitrogens with zero attached hydrogens (tertiary/aromatic N) is 1. The van der Waals surface area contributed by atoms with Gasteiger partial charge >= 0.3 is 0 Å². The zero-order chi connectivity index (χ0) is 14.9. The number of nitrogens with one attached hydrogen (secondary N) is 1. The van der Waals surface area contributed by atoms with Crippen LogP contribution in [0.3, 0.4) is 0 Å². The standard InChI is InChI=1S/C16H24N2O2S/c1-2-11-17-15-5-3-4-6-16(15)21(19,20)18(14-9-10-14)12-13-7-8-13/h3-6,13-14,17H,2,7-12H2,1H3. The van der Waals surface area contributed by atoms with Crippen molar-refractivity contribution in [2.45, 2.75) is 50.0 Å². The smallest absolute Gasteiger partial charge is 0.245 e. The highest BCUT2D eigenvalue weighted by Crippen LogP contribution is 2.39. The van der Waals surface area contributed by atoms with Crippen LogP contribution in [0.4, 0.5) is 5.69 Å². The summed E-state index contributed by atoms with van der Waals surface area (Å²) in [6.45, 7) is 3.57. The van der Waals surface area contributed by atoms with Crippen LogP contribution in [0.15, 0.2) is 29.2 Å². The second kappa shape index (κ2) is 5.97. The molecule has 2 fully saturated rings. The Kier molecular flexibility index (Phi) is 4.22. The third-order valence-electron chi connectivity index (χ3n) is 4.13. The summed E-state index contributed by atoms with van der Waals surface area (Å²) in [6.07, 6.45) is 5.35. The molecular formula is C16H24N2O2S. The van der Waals surface area contributed by atoms with Crippen molar-refractivity contribution in [1.82, 2.24) is 4.31 Å². The number of anilines is 1. The molecule has 116 valence electrons. The molecule has 3 rings (SSSR count). The van der Waals surface area contributed by atoms with Crippen LogP contribution in [0.25, 0.3) is 0 Å². The van der Waals surface area contributed by atoms with Gasteiger partial charge in [0, 0.05) is 19.1 Å². The lowest BCUT2D eigenvalue weighted by molar-refractivity contribution is 0.389. The van der Waals surface area contributed by atoms with Gasteiger partial charge in [-0.2, -0.15) is 4.31 Å². The molecule has 2 aliphatic carbocycles. The second-order valence-corrected chi connectivity index (χ2v) is 8.03. The van der Waals surface area contributed by atoms with Crippen LogP contribution in [-0.2, 0) is 10.0 Å². The van der Waals surface area contributed by atoms with Gasteiger partial charge in [-0.05, 0) is 50.2 Å². The van der Waals surface area contributed by atoms with Crippen molar-refractivity contribution in [3.8, 4) is 0 Å². The van der Waals surface area contributed by atoms with Crippen molar-refractivity contribution in [2.75, 3.05) is 18.4 Å². The molecule has 0 bridgehead atoms. The van der Waals surface area contributed by atoms with E-state index in [9.17, 15) is 8.42 Å². The first-order valence-corrected chi connectivity index (χ1v) is 9.41. The summed E-state index contributed by atoms with van der Waals surface area (Å²) < 4.78 is 27.9. The summed E-state index contributed by atoms with van der Waals surface area (Å²) in [7, 11) is -3.38. The van der Waals surface area contributed by atoms with Crippen molar-refractivity contribution in [3.05, 3.63) is 24.3 Å². The van der Waals surface area contributed by atoms with Crippen LogP contribution in [0, 0.1) is 5.92 Å². The highest BCUT2D eigenvalue weighted by Gasteiger charge is 2.41. The highest BCUT2D eigenvalue weighted by molar-refractivity contribution is 7.89. The number of rotatable bonds is 8. The average Bonchev–Trinajstić information content (AvgIpc) is 3.36. The Bertz CT molecular complexity index is 592. The molecule has 0 atom stereocenters. The van der Waals surface area contributed by atoms with Gasteiger partial charge < -0.3 is 5.32 Å². The Morgan fingerprint density at radius 2 is 1.90 bits per heavy atom. The van der Waals surface area contributed by atoms with Crippen LogP contribution >= 0.6 is 0 Å². The van der Waals surface area contributed by atoms with E-state index in [1.54, 1.807) is 10.4 Å². The summed E-state index contributed by atoms with van der Waals surface area (Å²) >= 11 is 0. The Morgan fingerprint density at radius 1 is 1.19 bits per heavy atom. The minimum atomic E-state index is -3.38. The Labute approximate surface area is 127 Å². The molecule has 0 saturated heterocycles. The summed E-state index contributed by atoms with van der Waals surface area (Å²) in [5.74, 6) is 0.580. The van der Waals surface area contributed by atoms with Gasteiger partial charge in [0.1, 0.15) is 4.90 Å². The molecule has 1 N–H and O–H groups in total.